The molecule has 70 valence electrons. The van der Waals surface area contributed by atoms with Gasteiger partial charge in [-0.05, 0) is 12.1 Å². The van der Waals surface area contributed by atoms with Gasteiger partial charge in [0.05, 0.1) is 0 Å². The van der Waals surface area contributed by atoms with Crippen molar-refractivity contribution in [3.63, 3.8) is 0 Å². The van der Waals surface area contributed by atoms with Crippen LogP contribution in [0.4, 0.5) is 4.39 Å². The van der Waals surface area contributed by atoms with Crippen molar-refractivity contribution in [3.05, 3.63) is 52.2 Å². The maximum atomic E-state index is 12.8. The summed E-state index contributed by atoms with van der Waals surface area (Å²) >= 11 is 1.25. The highest BCUT2D eigenvalue weighted by Gasteiger charge is 2.11. The monoisotopic (exact) mass is 207 g/mol. The molecule has 0 fully saturated rings. The Hall–Kier alpha value is -1.55. The van der Waals surface area contributed by atoms with Crippen LogP contribution in [0.1, 0.15) is 15.4 Å². The number of hydrogen-bond donors (Lipinski definition) is 0. The first-order valence-electron chi connectivity index (χ1n) is 3.97. The highest BCUT2D eigenvalue weighted by Crippen LogP contribution is 2.12. The van der Waals surface area contributed by atoms with Crippen molar-refractivity contribution >= 4 is 17.1 Å². The van der Waals surface area contributed by atoms with Gasteiger partial charge >= 0.3 is 0 Å². The van der Waals surface area contributed by atoms with Crippen LogP contribution >= 0.6 is 11.3 Å². The van der Waals surface area contributed by atoms with Gasteiger partial charge in [0.25, 0.3) is 0 Å². The second kappa shape index (κ2) is 3.67. The molecule has 0 amide bonds. The summed E-state index contributed by atoms with van der Waals surface area (Å²) in [6, 6.07) is 5.60. The number of rotatable bonds is 2. The van der Waals surface area contributed by atoms with Crippen molar-refractivity contribution in [2.45, 2.75) is 0 Å². The molecule has 0 saturated carbocycles. The Balaban J connectivity index is 2.37. The Bertz CT molecular complexity index is 453. The predicted molar refractivity (Wildman–Crippen MR) is 51.9 cm³/mol. The molecule has 2 rings (SSSR count). The number of thiazole rings is 1. The standard InChI is InChI=1S/C10H6FNOS/c11-8-3-1-2-7(6-8)9(13)10-12-4-5-14-10/h1-6H. The second-order valence-corrected chi connectivity index (χ2v) is 3.57. The lowest BCUT2D eigenvalue weighted by Gasteiger charge is -1.96. The van der Waals surface area contributed by atoms with Gasteiger partial charge in [0.15, 0.2) is 5.01 Å². The number of benzene rings is 1. The van der Waals surface area contributed by atoms with E-state index in [4.69, 9.17) is 0 Å². The summed E-state index contributed by atoms with van der Waals surface area (Å²) in [5.41, 5.74) is 0.333. The van der Waals surface area contributed by atoms with Gasteiger partial charge in [-0.2, -0.15) is 0 Å². The molecule has 0 atom stereocenters. The molecule has 1 heterocycles. The van der Waals surface area contributed by atoms with Crippen LogP contribution in [-0.4, -0.2) is 10.8 Å². The van der Waals surface area contributed by atoms with Crippen molar-refractivity contribution in [1.82, 2.24) is 4.98 Å². The first-order chi connectivity index (χ1) is 6.77. The molecule has 0 unspecified atom stereocenters. The molecule has 2 aromatic rings. The van der Waals surface area contributed by atoms with Crippen molar-refractivity contribution in [1.29, 1.82) is 0 Å². The minimum atomic E-state index is -0.410. The third kappa shape index (κ3) is 1.70. The van der Waals surface area contributed by atoms with E-state index in [0.717, 1.165) is 0 Å². The average molecular weight is 207 g/mol. The molecule has 0 N–H and O–H groups in total. The van der Waals surface area contributed by atoms with E-state index >= 15 is 0 Å². The molecule has 0 spiro atoms. The average Bonchev–Trinajstić information content (AvgIpc) is 2.69. The predicted octanol–water partition coefficient (Wildman–Crippen LogP) is 2.51. The zero-order chi connectivity index (χ0) is 9.97. The normalized spacial score (nSPS) is 10.1. The number of nitrogens with zero attached hydrogens (tertiary/aromatic N) is 1. The Morgan fingerprint density at radius 3 is 2.93 bits per heavy atom. The summed E-state index contributed by atoms with van der Waals surface area (Å²) in [5.74, 6) is -0.646. The smallest absolute Gasteiger partial charge is 0.221 e. The van der Waals surface area contributed by atoms with Gasteiger partial charge in [0.1, 0.15) is 5.82 Å². The van der Waals surface area contributed by atoms with Crippen LogP contribution in [0, 0.1) is 5.82 Å². The third-order valence-electron chi connectivity index (χ3n) is 1.71. The zero-order valence-corrected chi connectivity index (χ0v) is 7.92. The third-order valence-corrected chi connectivity index (χ3v) is 2.49. The zero-order valence-electron chi connectivity index (χ0n) is 7.11. The lowest BCUT2D eigenvalue weighted by Crippen LogP contribution is -2.00. The van der Waals surface area contributed by atoms with Gasteiger partial charge in [-0.1, -0.05) is 12.1 Å². The van der Waals surface area contributed by atoms with Crippen molar-refractivity contribution in [3.8, 4) is 0 Å². The van der Waals surface area contributed by atoms with E-state index in [1.807, 2.05) is 0 Å². The minimum absolute atomic E-state index is 0.237. The molecule has 0 aliphatic rings. The maximum Gasteiger partial charge on any atom is 0.221 e. The topological polar surface area (TPSA) is 30.0 Å². The summed E-state index contributed by atoms with van der Waals surface area (Å²) in [6.07, 6.45) is 1.55. The van der Waals surface area contributed by atoms with E-state index in [2.05, 4.69) is 4.98 Å². The van der Waals surface area contributed by atoms with E-state index in [0.29, 0.717) is 10.6 Å². The molecule has 0 aliphatic carbocycles. The fraction of sp³-hybridized carbons (Fsp3) is 0. The van der Waals surface area contributed by atoms with Crippen molar-refractivity contribution in [2.75, 3.05) is 0 Å². The van der Waals surface area contributed by atoms with E-state index in [-0.39, 0.29) is 5.78 Å². The van der Waals surface area contributed by atoms with Crippen LogP contribution in [0.5, 0.6) is 0 Å². The molecular formula is C10H6FNOS. The quantitative estimate of drug-likeness (QED) is 0.708. The van der Waals surface area contributed by atoms with Crippen LogP contribution in [0.15, 0.2) is 35.8 Å². The lowest BCUT2D eigenvalue weighted by molar-refractivity contribution is 0.103. The Morgan fingerprint density at radius 2 is 2.29 bits per heavy atom. The lowest BCUT2D eigenvalue weighted by atomic mass is 10.1. The molecule has 0 aliphatic heterocycles. The van der Waals surface area contributed by atoms with E-state index < -0.39 is 5.82 Å². The van der Waals surface area contributed by atoms with Gasteiger partial charge in [0, 0.05) is 17.1 Å². The van der Waals surface area contributed by atoms with Crippen LogP contribution in [-0.2, 0) is 0 Å². The molecule has 0 bridgehead atoms. The molecular weight excluding hydrogens is 201 g/mol. The van der Waals surface area contributed by atoms with Gasteiger partial charge in [-0.15, -0.1) is 11.3 Å². The molecule has 2 nitrogen and oxygen atoms in total. The van der Waals surface area contributed by atoms with Crippen molar-refractivity contribution < 1.29 is 9.18 Å². The Labute approximate surface area is 84.0 Å². The molecule has 4 heteroatoms. The van der Waals surface area contributed by atoms with E-state index in [9.17, 15) is 9.18 Å². The number of hydrogen-bond acceptors (Lipinski definition) is 3. The summed E-state index contributed by atoms with van der Waals surface area (Å²) in [6.45, 7) is 0. The Morgan fingerprint density at radius 1 is 1.43 bits per heavy atom. The summed E-state index contributed by atoms with van der Waals surface area (Å²) < 4.78 is 12.8. The van der Waals surface area contributed by atoms with Gasteiger partial charge < -0.3 is 0 Å². The van der Waals surface area contributed by atoms with Crippen LogP contribution < -0.4 is 0 Å². The molecule has 1 aromatic heterocycles. The number of carbonyl (C=O) groups is 1. The van der Waals surface area contributed by atoms with E-state index in [1.165, 1.54) is 29.5 Å². The summed E-state index contributed by atoms with van der Waals surface area (Å²) in [4.78, 5) is 15.5. The van der Waals surface area contributed by atoms with Crippen LogP contribution in [0.2, 0.25) is 0 Å². The minimum Gasteiger partial charge on any atom is -0.286 e. The molecule has 0 saturated heterocycles. The first-order valence-corrected chi connectivity index (χ1v) is 4.85. The number of aromatic nitrogens is 1. The molecule has 1 aromatic carbocycles. The SMILES string of the molecule is O=C(c1cccc(F)c1)c1nccs1. The maximum absolute atomic E-state index is 12.8. The summed E-state index contributed by atoms with van der Waals surface area (Å²) in [5, 5.41) is 2.10. The van der Waals surface area contributed by atoms with Crippen molar-refractivity contribution in [2.24, 2.45) is 0 Å². The molecule has 0 radical (unpaired) electrons. The number of ketones is 1. The van der Waals surface area contributed by atoms with E-state index in [1.54, 1.807) is 17.6 Å². The highest BCUT2D eigenvalue weighted by atomic mass is 32.1. The van der Waals surface area contributed by atoms with Crippen LogP contribution in [0.3, 0.4) is 0 Å². The fourth-order valence-corrected chi connectivity index (χ4v) is 1.69. The van der Waals surface area contributed by atoms with Gasteiger partial charge in [-0.25, -0.2) is 9.37 Å². The fourth-order valence-electron chi connectivity index (χ4n) is 1.09. The molecule has 14 heavy (non-hydrogen) atoms. The largest absolute Gasteiger partial charge is 0.286 e. The second-order valence-electron chi connectivity index (χ2n) is 2.68. The van der Waals surface area contributed by atoms with Gasteiger partial charge in [0.2, 0.25) is 5.78 Å². The van der Waals surface area contributed by atoms with Crippen LogP contribution in [0.25, 0.3) is 0 Å². The summed E-state index contributed by atoms with van der Waals surface area (Å²) in [7, 11) is 0. The Kier molecular flexibility index (Phi) is 2.37. The highest BCUT2D eigenvalue weighted by molar-refractivity contribution is 7.11. The number of halogens is 1. The first kappa shape index (κ1) is 9.02. The van der Waals surface area contributed by atoms with Gasteiger partial charge in [-0.3, -0.25) is 4.79 Å². The number of carbonyl (C=O) groups excluding carboxylic acids is 1.